The van der Waals surface area contributed by atoms with Crippen molar-refractivity contribution in [1.29, 1.82) is 0 Å². The van der Waals surface area contributed by atoms with E-state index in [9.17, 15) is 0 Å². The van der Waals surface area contributed by atoms with Gasteiger partial charge >= 0.3 is 0 Å². The lowest BCUT2D eigenvalue weighted by Crippen LogP contribution is -2.18. The van der Waals surface area contributed by atoms with Crippen LogP contribution < -0.4 is 46.9 Å². The average Bonchev–Trinajstić information content (AvgIpc) is 3.19. The molecular formula is C47H48N4O5. The normalized spacial score (nSPS) is 10.4. The van der Waals surface area contributed by atoms with Crippen LogP contribution in [-0.4, -0.2) is 7.11 Å². The van der Waals surface area contributed by atoms with E-state index in [4.69, 9.17) is 46.9 Å². The molecule has 9 nitrogen and oxygen atoms in total. The summed E-state index contributed by atoms with van der Waals surface area (Å²) in [6.45, 7) is 6.41. The van der Waals surface area contributed by atoms with Crippen molar-refractivity contribution in [3.05, 3.63) is 187 Å². The van der Waals surface area contributed by atoms with Gasteiger partial charge in [-0.15, -0.1) is 0 Å². The van der Waals surface area contributed by atoms with Crippen molar-refractivity contribution < 1.29 is 23.8 Å². The van der Waals surface area contributed by atoms with Crippen molar-refractivity contribution in [2.24, 2.45) is 5.90 Å². The SMILES string of the molecule is COc1ccc(C(C)(C)c2ccc(ON)cc2)cc1.Cc1cccc(Oc2cccc(Oc3cccc(N)c3)c2)c1.Nc1ccc(Oc2cccc(N)c2)cc1. The lowest BCUT2D eigenvalue weighted by atomic mass is 9.78. The fourth-order valence-electron chi connectivity index (χ4n) is 5.50. The van der Waals surface area contributed by atoms with Gasteiger partial charge in [-0.2, -0.15) is 5.90 Å². The highest BCUT2D eigenvalue weighted by atomic mass is 16.6. The highest BCUT2D eigenvalue weighted by molar-refractivity contribution is 5.48. The van der Waals surface area contributed by atoms with Gasteiger partial charge in [0.05, 0.1) is 7.11 Å². The molecule has 0 amide bonds. The quantitative estimate of drug-likeness (QED) is 0.0791. The molecule has 56 heavy (non-hydrogen) atoms. The number of nitrogen functional groups attached to an aromatic ring is 3. The standard InChI is InChI=1S/C19H17NO2.C16H19NO2.C12H12N2O/c1-14-5-2-7-16(11-14)21-18-9-4-10-19(13-18)22-17-8-3-6-15(20)12-17;1-16(2,12-4-8-14(18-3)9-5-12)13-6-10-15(19-17)11-7-13;13-9-4-6-11(7-5-9)15-12-3-1-2-10(14)8-12/h2-13H,20H2,1H3;4-11H,17H2,1-3H3;1-8H,13-14H2. The molecule has 0 unspecified atom stereocenters. The minimum Gasteiger partial charge on any atom is -0.497 e. The third-order valence-electron chi connectivity index (χ3n) is 8.62. The van der Waals surface area contributed by atoms with Gasteiger partial charge in [0.25, 0.3) is 0 Å². The molecule has 0 heterocycles. The average molecular weight is 749 g/mol. The number of methoxy groups -OCH3 is 1. The third-order valence-corrected chi connectivity index (χ3v) is 8.62. The number of hydrogen-bond acceptors (Lipinski definition) is 9. The Bertz CT molecular complexity index is 2160. The zero-order valence-corrected chi connectivity index (χ0v) is 32.0. The smallest absolute Gasteiger partial charge is 0.146 e. The Hall–Kier alpha value is -7.10. The molecule has 9 heteroatoms. The Labute approximate surface area is 328 Å². The van der Waals surface area contributed by atoms with Crippen molar-refractivity contribution in [3.8, 4) is 46.0 Å². The van der Waals surface area contributed by atoms with Crippen molar-refractivity contribution in [3.63, 3.8) is 0 Å². The summed E-state index contributed by atoms with van der Waals surface area (Å²) in [5.74, 6) is 11.1. The molecule has 0 aliphatic rings. The highest BCUT2D eigenvalue weighted by Crippen LogP contribution is 2.33. The minimum absolute atomic E-state index is 0.0839. The van der Waals surface area contributed by atoms with Gasteiger partial charge in [-0.25, -0.2) is 0 Å². The van der Waals surface area contributed by atoms with Gasteiger partial charge in [0, 0.05) is 40.7 Å². The Morgan fingerprint density at radius 1 is 0.393 bits per heavy atom. The van der Waals surface area contributed by atoms with Gasteiger partial charge < -0.3 is 41.0 Å². The summed E-state index contributed by atoms with van der Waals surface area (Å²) in [6.07, 6.45) is 0. The number of aryl methyl sites for hydroxylation is 1. The van der Waals surface area contributed by atoms with Gasteiger partial charge in [0.1, 0.15) is 46.0 Å². The molecule has 0 fully saturated rings. The van der Waals surface area contributed by atoms with E-state index in [1.165, 1.54) is 11.1 Å². The van der Waals surface area contributed by atoms with Gasteiger partial charge in [0.2, 0.25) is 0 Å². The summed E-state index contributed by atoms with van der Waals surface area (Å²) >= 11 is 0. The van der Waals surface area contributed by atoms with Gasteiger partial charge in [0.15, 0.2) is 0 Å². The molecule has 7 rings (SSSR count). The molecular weight excluding hydrogens is 701 g/mol. The first kappa shape index (κ1) is 40.1. The third kappa shape index (κ3) is 12.0. The first-order valence-corrected chi connectivity index (χ1v) is 17.9. The molecule has 0 radical (unpaired) electrons. The minimum atomic E-state index is -0.0839. The van der Waals surface area contributed by atoms with Crippen molar-refractivity contribution in [2.45, 2.75) is 26.2 Å². The monoisotopic (exact) mass is 748 g/mol. The molecule has 8 N–H and O–H groups in total. The van der Waals surface area contributed by atoms with Crippen LogP contribution in [-0.2, 0) is 5.41 Å². The summed E-state index contributed by atoms with van der Waals surface area (Å²) in [5, 5.41) is 0. The molecule has 286 valence electrons. The van der Waals surface area contributed by atoms with E-state index in [0.717, 1.165) is 40.0 Å². The second kappa shape index (κ2) is 19.3. The van der Waals surface area contributed by atoms with E-state index in [1.54, 1.807) is 31.4 Å². The maximum atomic E-state index is 5.86. The molecule has 7 aromatic carbocycles. The van der Waals surface area contributed by atoms with Crippen LogP contribution in [0.25, 0.3) is 0 Å². The Balaban J connectivity index is 0.000000164. The number of ether oxygens (including phenoxy) is 4. The Morgan fingerprint density at radius 2 is 0.786 bits per heavy atom. The summed E-state index contributed by atoms with van der Waals surface area (Å²) in [6, 6.07) is 53.3. The van der Waals surface area contributed by atoms with Gasteiger partial charge in [-0.05, 0) is 121 Å². The van der Waals surface area contributed by atoms with E-state index in [1.807, 2.05) is 140 Å². The van der Waals surface area contributed by atoms with Gasteiger partial charge in [-0.1, -0.05) is 68.4 Å². The van der Waals surface area contributed by atoms with Crippen LogP contribution in [0, 0.1) is 6.92 Å². The van der Waals surface area contributed by atoms with Crippen LogP contribution in [0.5, 0.6) is 46.0 Å². The van der Waals surface area contributed by atoms with Crippen LogP contribution in [0.4, 0.5) is 17.1 Å². The Kier molecular flexibility index (Phi) is 13.8. The molecule has 0 saturated heterocycles. The van der Waals surface area contributed by atoms with E-state index in [2.05, 4.69) is 26.0 Å². The second-order valence-corrected chi connectivity index (χ2v) is 13.3. The maximum Gasteiger partial charge on any atom is 0.146 e. The number of hydrogen-bond donors (Lipinski definition) is 4. The molecule has 0 saturated carbocycles. The predicted octanol–water partition coefficient (Wildman–Crippen LogP) is 11.1. The molecule has 0 spiro atoms. The van der Waals surface area contributed by atoms with Crippen LogP contribution in [0.2, 0.25) is 0 Å². The van der Waals surface area contributed by atoms with E-state index < -0.39 is 0 Å². The lowest BCUT2D eigenvalue weighted by molar-refractivity contribution is 0.334. The van der Waals surface area contributed by atoms with E-state index >= 15 is 0 Å². The summed E-state index contributed by atoms with van der Waals surface area (Å²) in [4.78, 5) is 4.70. The molecule has 0 aliphatic carbocycles. The molecule has 0 aliphatic heterocycles. The molecule has 7 aromatic rings. The van der Waals surface area contributed by atoms with Crippen LogP contribution in [0.15, 0.2) is 170 Å². The van der Waals surface area contributed by atoms with Crippen LogP contribution in [0.1, 0.15) is 30.5 Å². The van der Waals surface area contributed by atoms with Crippen LogP contribution in [0.3, 0.4) is 0 Å². The fraction of sp³-hybridized carbons (Fsp3) is 0.106. The largest absolute Gasteiger partial charge is 0.497 e. The number of rotatable bonds is 10. The summed E-state index contributed by atoms with van der Waals surface area (Å²) < 4.78 is 22.4. The number of nitrogens with two attached hydrogens (primary N) is 4. The highest BCUT2D eigenvalue weighted by Gasteiger charge is 2.23. The topological polar surface area (TPSA) is 150 Å². The zero-order valence-electron chi connectivity index (χ0n) is 32.0. The molecule has 0 bridgehead atoms. The van der Waals surface area contributed by atoms with E-state index in [-0.39, 0.29) is 5.41 Å². The van der Waals surface area contributed by atoms with E-state index in [0.29, 0.717) is 28.6 Å². The predicted molar refractivity (Wildman–Crippen MR) is 227 cm³/mol. The number of benzene rings is 7. The summed E-state index contributed by atoms with van der Waals surface area (Å²) in [5.41, 5.74) is 22.5. The van der Waals surface area contributed by atoms with Crippen molar-refractivity contribution in [2.75, 3.05) is 24.3 Å². The van der Waals surface area contributed by atoms with Gasteiger partial charge in [-0.3, -0.25) is 0 Å². The molecule has 0 aromatic heterocycles. The first-order valence-electron chi connectivity index (χ1n) is 17.9. The first-order chi connectivity index (χ1) is 27.0. The summed E-state index contributed by atoms with van der Waals surface area (Å²) in [7, 11) is 1.67. The maximum absolute atomic E-state index is 5.86. The van der Waals surface area contributed by atoms with Crippen LogP contribution >= 0.6 is 0 Å². The van der Waals surface area contributed by atoms with Crippen molar-refractivity contribution in [1.82, 2.24) is 0 Å². The zero-order chi connectivity index (χ0) is 39.9. The Morgan fingerprint density at radius 3 is 1.23 bits per heavy atom. The number of anilines is 3. The van der Waals surface area contributed by atoms with Crippen molar-refractivity contribution >= 4 is 17.1 Å². The second-order valence-electron chi connectivity index (χ2n) is 13.3. The fourth-order valence-corrected chi connectivity index (χ4v) is 5.50. The molecule has 0 atom stereocenters. The lowest BCUT2D eigenvalue weighted by Gasteiger charge is -2.26.